The number of nitrogens with zero attached hydrogens (tertiary/aromatic N) is 4. The second-order valence-corrected chi connectivity index (χ2v) is 11.8. The Balaban J connectivity index is 1.45. The molecule has 5 rings (SSSR count). The molecule has 1 amide bonds. The molecule has 210 valence electrons. The van der Waals surface area contributed by atoms with Crippen molar-refractivity contribution in [3.63, 3.8) is 0 Å². The van der Waals surface area contributed by atoms with E-state index in [-0.39, 0.29) is 28.5 Å². The number of hydrogen-bond acceptors (Lipinski definition) is 10. The lowest BCUT2D eigenvalue weighted by molar-refractivity contribution is 0.101. The van der Waals surface area contributed by atoms with E-state index >= 15 is 0 Å². The summed E-state index contributed by atoms with van der Waals surface area (Å²) < 4.78 is 35.7. The minimum Gasteiger partial charge on any atom is -0.409 e. The minimum absolute atomic E-state index is 0.0314. The van der Waals surface area contributed by atoms with E-state index in [1.165, 1.54) is 29.5 Å². The van der Waals surface area contributed by atoms with Gasteiger partial charge in [-0.1, -0.05) is 53.6 Å². The molecule has 0 bridgehead atoms. The number of nitrogens with two attached hydrogens (primary N) is 1. The molecule has 0 aliphatic heterocycles. The third kappa shape index (κ3) is 6.24. The molecular weight excluding hydrogens is 566 g/mol. The van der Waals surface area contributed by atoms with Crippen LogP contribution in [0.2, 0.25) is 0 Å². The summed E-state index contributed by atoms with van der Waals surface area (Å²) in [5.74, 6) is -0.626. The van der Waals surface area contributed by atoms with Crippen molar-refractivity contribution >= 4 is 49.0 Å². The average Bonchev–Trinajstić information content (AvgIpc) is 3.64. The molecule has 0 fully saturated rings. The van der Waals surface area contributed by atoms with Gasteiger partial charge in [-0.2, -0.15) is 0 Å². The number of carbonyl (C=O) groups excluding carboxylic acids is 1. The number of rotatable bonds is 10. The number of hydrogen-bond donors (Lipinski definition) is 4. The molecule has 5 N–H and O–H groups in total. The number of benzene rings is 3. The summed E-state index contributed by atoms with van der Waals surface area (Å²) in [7, 11) is -4.09. The standard InChI is InChI=1S/C27H25N7O5S2/c1-2-20-24(33-39-32-20)26(35)29-18-9-6-10-19(15-18)41(37,38)34-22(27-30-21-11-3-4-12-23(21)40-27)14-16-7-5-8-17(13-16)25(28)31-36/h3-13,15,22,34,36H,2,14H2,1H3,(H2,28,31)(H,29,35). The van der Waals surface area contributed by atoms with Gasteiger partial charge in [-0.05, 0) is 60.0 Å². The smallest absolute Gasteiger partial charge is 0.279 e. The van der Waals surface area contributed by atoms with Crippen molar-refractivity contribution in [1.82, 2.24) is 20.0 Å². The van der Waals surface area contributed by atoms with Gasteiger partial charge in [0.2, 0.25) is 10.0 Å². The minimum atomic E-state index is -4.09. The summed E-state index contributed by atoms with van der Waals surface area (Å²) in [6.45, 7) is 1.81. The monoisotopic (exact) mass is 591 g/mol. The van der Waals surface area contributed by atoms with E-state index in [0.717, 1.165) is 15.8 Å². The molecule has 3 aromatic carbocycles. The highest BCUT2D eigenvalue weighted by Gasteiger charge is 2.26. The number of carbonyl (C=O) groups is 1. The van der Waals surface area contributed by atoms with E-state index in [1.807, 2.05) is 37.3 Å². The first-order chi connectivity index (χ1) is 19.8. The topological polar surface area (TPSA) is 186 Å². The molecular formula is C27H25N7O5S2. The fourth-order valence-corrected chi connectivity index (χ4v) is 6.51. The predicted octanol–water partition coefficient (Wildman–Crippen LogP) is 3.85. The highest BCUT2D eigenvalue weighted by atomic mass is 32.2. The summed E-state index contributed by atoms with van der Waals surface area (Å²) in [5, 5.41) is 22.7. The first kappa shape index (κ1) is 27.9. The van der Waals surface area contributed by atoms with Crippen molar-refractivity contribution < 1.29 is 23.0 Å². The molecule has 0 saturated carbocycles. The van der Waals surface area contributed by atoms with Gasteiger partial charge in [0.05, 0.1) is 21.2 Å². The number of oxime groups is 1. The predicted molar refractivity (Wildman–Crippen MR) is 153 cm³/mol. The quantitative estimate of drug-likeness (QED) is 0.0810. The van der Waals surface area contributed by atoms with Crippen LogP contribution in [0.4, 0.5) is 5.69 Å². The summed E-state index contributed by atoms with van der Waals surface area (Å²) >= 11 is 1.38. The van der Waals surface area contributed by atoms with Crippen molar-refractivity contribution in [3.05, 3.63) is 100 Å². The molecule has 0 spiro atoms. The Hall–Kier alpha value is -4.66. The van der Waals surface area contributed by atoms with Gasteiger partial charge in [0.15, 0.2) is 11.5 Å². The van der Waals surface area contributed by atoms with Crippen LogP contribution >= 0.6 is 11.3 Å². The van der Waals surface area contributed by atoms with Crippen molar-refractivity contribution in [1.29, 1.82) is 0 Å². The number of fused-ring (bicyclic) bond motifs is 1. The Morgan fingerprint density at radius 1 is 1.10 bits per heavy atom. The number of anilines is 1. The van der Waals surface area contributed by atoms with Crippen LogP contribution in [0.3, 0.4) is 0 Å². The van der Waals surface area contributed by atoms with E-state index in [2.05, 4.69) is 35.1 Å². The van der Waals surface area contributed by atoms with Gasteiger partial charge in [-0.15, -0.1) is 11.3 Å². The van der Waals surface area contributed by atoms with Crippen LogP contribution in [0.25, 0.3) is 10.2 Å². The first-order valence-corrected chi connectivity index (χ1v) is 14.7. The average molecular weight is 592 g/mol. The van der Waals surface area contributed by atoms with Crippen LogP contribution in [0.15, 0.2) is 87.5 Å². The Morgan fingerprint density at radius 2 is 1.90 bits per heavy atom. The third-order valence-corrected chi connectivity index (χ3v) is 8.80. The largest absolute Gasteiger partial charge is 0.409 e. The lowest BCUT2D eigenvalue weighted by Gasteiger charge is -2.18. The second kappa shape index (κ2) is 11.8. The van der Waals surface area contributed by atoms with Crippen molar-refractivity contribution in [2.75, 3.05) is 5.32 Å². The van der Waals surface area contributed by atoms with Crippen LogP contribution in [-0.4, -0.2) is 40.7 Å². The number of amidine groups is 1. The number of para-hydroxylation sites is 1. The maximum atomic E-state index is 13.7. The van der Waals surface area contributed by atoms with Crippen LogP contribution in [-0.2, 0) is 22.9 Å². The zero-order valence-electron chi connectivity index (χ0n) is 21.7. The number of aromatic nitrogens is 3. The van der Waals surface area contributed by atoms with E-state index < -0.39 is 22.0 Å². The van der Waals surface area contributed by atoms with Gasteiger partial charge in [-0.25, -0.2) is 22.8 Å². The SMILES string of the molecule is CCc1nonc1C(=O)Nc1cccc(S(=O)(=O)NC(Cc2cccc(/C(N)=N\O)c2)c2nc3ccccc3s2)c1. The van der Waals surface area contributed by atoms with Gasteiger partial charge in [0.25, 0.3) is 5.91 Å². The highest BCUT2D eigenvalue weighted by Crippen LogP contribution is 2.30. The van der Waals surface area contributed by atoms with Crippen LogP contribution in [0.5, 0.6) is 0 Å². The van der Waals surface area contributed by atoms with Crippen molar-refractivity contribution in [2.24, 2.45) is 10.9 Å². The molecule has 14 heteroatoms. The summed E-state index contributed by atoms with van der Waals surface area (Å²) in [6, 6.07) is 19.7. The van der Waals surface area contributed by atoms with E-state index in [0.29, 0.717) is 22.7 Å². The zero-order chi connectivity index (χ0) is 29.0. The summed E-state index contributed by atoms with van der Waals surface area (Å²) in [4.78, 5) is 17.3. The molecule has 2 heterocycles. The second-order valence-electron chi connectivity index (χ2n) is 8.98. The van der Waals surface area contributed by atoms with E-state index in [9.17, 15) is 13.2 Å². The number of aryl methyl sites for hydroxylation is 1. The summed E-state index contributed by atoms with van der Waals surface area (Å²) in [5.41, 5.74) is 8.43. The summed E-state index contributed by atoms with van der Waals surface area (Å²) in [6.07, 6.45) is 0.682. The molecule has 1 atom stereocenters. The van der Waals surface area contributed by atoms with Gasteiger partial charge in [-0.3, -0.25) is 4.79 Å². The van der Waals surface area contributed by atoms with Crippen LogP contribution in [0, 0.1) is 0 Å². The number of sulfonamides is 1. The molecule has 41 heavy (non-hydrogen) atoms. The van der Waals surface area contributed by atoms with E-state index in [4.69, 9.17) is 10.9 Å². The Bertz CT molecular complexity index is 1820. The molecule has 0 aliphatic carbocycles. The fraction of sp³-hybridized carbons (Fsp3) is 0.148. The Labute approximate surface area is 238 Å². The third-order valence-electron chi connectivity index (χ3n) is 6.18. The number of amides is 1. The highest BCUT2D eigenvalue weighted by molar-refractivity contribution is 7.89. The maximum absolute atomic E-state index is 13.7. The van der Waals surface area contributed by atoms with Gasteiger partial charge >= 0.3 is 0 Å². The van der Waals surface area contributed by atoms with Gasteiger partial charge in [0, 0.05) is 11.3 Å². The Kier molecular flexibility index (Phi) is 8.05. The molecule has 2 aromatic heterocycles. The maximum Gasteiger partial charge on any atom is 0.279 e. The van der Waals surface area contributed by atoms with Crippen molar-refractivity contribution in [2.45, 2.75) is 30.7 Å². The van der Waals surface area contributed by atoms with Crippen LogP contribution in [0.1, 0.15) is 45.3 Å². The lowest BCUT2D eigenvalue weighted by atomic mass is 10.0. The molecule has 0 saturated heterocycles. The first-order valence-electron chi connectivity index (χ1n) is 12.4. The molecule has 1 unspecified atom stereocenters. The molecule has 0 radical (unpaired) electrons. The number of thiazole rings is 1. The Morgan fingerprint density at radius 3 is 2.68 bits per heavy atom. The van der Waals surface area contributed by atoms with E-state index in [1.54, 1.807) is 24.3 Å². The normalized spacial score (nSPS) is 12.9. The zero-order valence-corrected chi connectivity index (χ0v) is 23.3. The van der Waals surface area contributed by atoms with Gasteiger partial charge < -0.3 is 16.3 Å². The number of nitrogens with one attached hydrogen (secondary N) is 2. The lowest BCUT2D eigenvalue weighted by Crippen LogP contribution is -2.30. The fourth-order valence-electron chi connectivity index (χ4n) is 4.17. The molecule has 12 nitrogen and oxygen atoms in total. The molecule has 5 aromatic rings. The van der Waals surface area contributed by atoms with Crippen molar-refractivity contribution in [3.8, 4) is 0 Å². The van der Waals surface area contributed by atoms with Gasteiger partial charge in [0.1, 0.15) is 10.7 Å². The van der Waals surface area contributed by atoms with Crippen LogP contribution < -0.4 is 15.8 Å². The molecule has 0 aliphatic rings.